The Morgan fingerprint density at radius 3 is 2.08 bits per heavy atom. The molecule has 0 aromatic rings. The van der Waals surface area contributed by atoms with E-state index in [4.69, 9.17) is 5.73 Å². The fourth-order valence-electron chi connectivity index (χ4n) is 1.13. The Bertz CT molecular complexity index is 123. The molecule has 1 nitrogen and oxygen atoms in total. The highest BCUT2D eigenvalue weighted by Gasteiger charge is 2.35. The van der Waals surface area contributed by atoms with Crippen LogP contribution in [0.25, 0.3) is 0 Å². The lowest BCUT2D eigenvalue weighted by atomic mass is 10.1. The Morgan fingerprint density at radius 1 is 1.08 bits per heavy atom. The van der Waals surface area contributed by atoms with Crippen LogP contribution in [0.3, 0.4) is 0 Å². The summed E-state index contributed by atoms with van der Waals surface area (Å²) in [5.74, 6) is 0. The van der Waals surface area contributed by atoms with E-state index in [9.17, 15) is 13.2 Å². The molecule has 0 fully saturated rings. The van der Waals surface area contributed by atoms with E-state index >= 15 is 0 Å². The van der Waals surface area contributed by atoms with Crippen molar-refractivity contribution in [2.75, 3.05) is 0 Å². The van der Waals surface area contributed by atoms with Crippen LogP contribution >= 0.6 is 0 Å². The molecule has 0 aromatic heterocycles. The molecule has 0 heterocycles. The summed E-state index contributed by atoms with van der Waals surface area (Å²) < 4.78 is 35.7. The first-order valence-corrected chi connectivity index (χ1v) is 4.80. The molecule has 0 radical (unpaired) electrons. The molecule has 2 N–H and O–H groups in total. The highest BCUT2D eigenvalue weighted by atomic mass is 19.4. The second-order valence-electron chi connectivity index (χ2n) is 3.35. The SMILES string of the molecule is CCCCCCCC(N)C(F)(F)F. The molecular formula is C9H18F3N. The standard InChI is InChI=1S/C9H18F3N/c1-2-3-4-5-6-7-8(13)9(10,11)12/h8H,2-7,13H2,1H3. The summed E-state index contributed by atoms with van der Waals surface area (Å²) in [7, 11) is 0. The lowest BCUT2D eigenvalue weighted by Crippen LogP contribution is -2.37. The number of nitrogens with two attached hydrogens (primary N) is 1. The number of hydrogen-bond donors (Lipinski definition) is 1. The van der Waals surface area contributed by atoms with Gasteiger partial charge in [-0.3, -0.25) is 0 Å². The Kier molecular flexibility index (Phi) is 6.12. The van der Waals surface area contributed by atoms with Gasteiger partial charge in [0.2, 0.25) is 0 Å². The summed E-state index contributed by atoms with van der Waals surface area (Å²) >= 11 is 0. The normalized spacial score (nSPS) is 14.5. The number of unbranched alkanes of at least 4 members (excludes halogenated alkanes) is 4. The quantitative estimate of drug-likeness (QED) is 0.650. The van der Waals surface area contributed by atoms with Gasteiger partial charge in [0.15, 0.2) is 0 Å². The van der Waals surface area contributed by atoms with E-state index in [0.29, 0.717) is 6.42 Å². The van der Waals surface area contributed by atoms with E-state index in [1.807, 2.05) is 0 Å². The van der Waals surface area contributed by atoms with Gasteiger partial charge in [-0.2, -0.15) is 13.2 Å². The maximum atomic E-state index is 11.9. The highest BCUT2D eigenvalue weighted by molar-refractivity contribution is 4.69. The Balaban J connectivity index is 3.32. The van der Waals surface area contributed by atoms with E-state index in [1.165, 1.54) is 0 Å². The number of hydrogen-bond acceptors (Lipinski definition) is 1. The van der Waals surface area contributed by atoms with E-state index in [-0.39, 0.29) is 6.42 Å². The van der Waals surface area contributed by atoms with Gasteiger partial charge in [-0.15, -0.1) is 0 Å². The second kappa shape index (κ2) is 6.24. The van der Waals surface area contributed by atoms with Crippen LogP contribution in [0.2, 0.25) is 0 Å². The largest absolute Gasteiger partial charge is 0.403 e. The molecule has 0 aromatic carbocycles. The van der Waals surface area contributed by atoms with Gasteiger partial charge in [0.1, 0.15) is 6.04 Å². The zero-order valence-corrected chi connectivity index (χ0v) is 8.03. The van der Waals surface area contributed by atoms with Crippen molar-refractivity contribution in [1.82, 2.24) is 0 Å². The molecule has 0 bridgehead atoms. The number of halogens is 3. The smallest absolute Gasteiger partial charge is 0.320 e. The van der Waals surface area contributed by atoms with Crippen molar-refractivity contribution in [1.29, 1.82) is 0 Å². The minimum absolute atomic E-state index is 0.0627. The molecule has 0 saturated carbocycles. The van der Waals surface area contributed by atoms with Crippen molar-refractivity contribution in [3.05, 3.63) is 0 Å². The molecule has 0 aliphatic carbocycles. The average molecular weight is 197 g/mol. The van der Waals surface area contributed by atoms with Crippen LogP contribution in [-0.2, 0) is 0 Å². The first-order valence-electron chi connectivity index (χ1n) is 4.80. The van der Waals surface area contributed by atoms with Crippen molar-refractivity contribution in [2.45, 2.75) is 57.7 Å². The summed E-state index contributed by atoms with van der Waals surface area (Å²) in [6, 6.07) is -1.63. The molecule has 4 heteroatoms. The first kappa shape index (κ1) is 12.8. The Labute approximate surface area is 77.5 Å². The number of rotatable bonds is 6. The molecular weight excluding hydrogens is 179 g/mol. The van der Waals surface area contributed by atoms with Gasteiger partial charge < -0.3 is 5.73 Å². The monoisotopic (exact) mass is 197 g/mol. The second-order valence-corrected chi connectivity index (χ2v) is 3.35. The van der Waals surface area contributed by atoms with Crippen molar-refractivity contribution < 1.29 is 13.2 Å². The van der Waals surface area contributed by atoms with Crippen molar-refractivity contribution in [2.24, 2.45) is 5.73 Å². The van der Waals surface area contributed by atoms with Crippen LogP contribution in [0.1, 0.15) is 45.4 Å². The first-order chi connectivity index (χ1) is 5.98. The van der Waals surface area contributed by atoms with Gasteiger partial charge in [-0.05, 0) is 6.42 Å². The molecule has 13 heavy (non-hydrogen) atoms. The molecule has 0 rings (SSSR count). The maximum Gasteiger partial charge on any atom is 0.403 e. The molecule has 0 amide bonds. The van der Waals surface area contributed by atoms with Gasteiger partial charge in [-0.25, -0.2) is 0 Å². The van der Waals surface area contributed by atoms with Gasteiger partial charge >= 0.3 is 6.18 Å². The summed E-state index contributed by atoms with van der Waals surface area (Å²) in [6.07, 6.45) is 0.504. The van der Waals surface area contributed by atoms with Gasteiger partial charge in [0.05, 0.1) is 0 Å². The minimum atomic E-state index is -4.22. The maximum absolute atomic E-state index is 11.9. The van der Waals surface area contributed by atoms with Crippen molar-refractivity contribution in [3.8, 4) is 0 Å². The molecule has 80 valence electrons. The minimum Gasteiger partial charge on any atom is -0.320 e. The van der Waals surface area contributed by atoms with Crippen LogP contribution in [0.15, 0.2) is 0 Å². The average Bonchev–Trinajstić information content (AvgIpc) is 2.02. The lowest BCUT2D eigenvalue weighted by molar-refractivity contribution is -0.149. The summed E-state index contributed by atoms with van der Waals surface area (Å²) in [4.78, 5) is 0. The zero-order chi connectivity index (χ0) is 10.3. The van der Waals surface area contributed by atoms with Crippen LogP contribution < -0.4 is 5.73 Å². The molecule has 0 aliphatic rings. The topological polar surface area (TPSA) is 26.0 Å². The summed E-state index contributed by atoms with van der Waals surface area (Å²) in [5.41, 5.74) is 4.94. The predicted molar refractivity (Wildman–Crippen MR) is 47.4 cm³/mol. The van der Waals surface area contributed by atoms with E-state index in [2.05, 4.69) is 6.92 Å². The lowest BCUT2D eigenvalue weighted by Gasteiger charge is -2.14. The summed E-state index contributed by atoms with van der Waals surface area (Å²) in [5, 5.41) is 0. The van der Waals surface area contributed by atoms with Crippen molar-refractivity contribution >= 4 is 0 Å². The Hall–Kier alpha value is -0.250. The predicted octanol–water partition coefficient (Wildman–Crippen LogP) is 3.24. The van der Waals surface area contributed by atoms with Crippen molar-refractivity contribution in [3.63, 3.8) is 0 Å². The third-order valence-corrected chi connectivity index (χ3v) is 2.04. The highest BCUT2D eigenvalue weighted by Crippen LogP contribution is 2.22. The van der Waals surface area contributed by atoms with E-state index < -0.39 is 12.2 Å². The molecule has 1 atom stereocenters. The van der Waals surface area contributed by atoms with Gasteiger partial charge in [0, 0.05) is 0 Å². The fourth-order valence-corrected chi connectivity index (χ4v) is 1.13. The Morgan fingerprint density at radius 2 is 1.62 bits per heavy atom. The van der Waals surface area contributed by atoms with Gasteiger partial charge in [0.25, 0.3) is 0 Å². The third-order valence-electron chi connectivity index (χ3n) is 2.04. The van der Waals surface area contributed by atoms with Crippen LogP contribution in [0.4, 0.5) is 13.2 Å². The fraction of sp³-hybridized carbons (Fsp3) is 1.00. The van der Waals surface area contributed by atoms with E-state index in [0.717, 1.165) is 25.7 Å². The molecule has 1 unspecified atom stereocenters. The molecule has 0 aliphatic heterocycles. The van der Waals surface area contributed by atoms with Crippen LogP contribution in [0, 0.1) is 0 Å². The number of alkyl halides is 3. The molecule has 0 spiro atoms. The van der Waals surface area contributed by atoms with E-state index in [1.54, 1.807) is 0 Å². The van der Waals surface area contributed by atoms with Crippen LogP contribution in [-0.4, -0.2) is 12.2 Å². The summed E-state index contributed by atoms with van der Waals surface area (Å²) in [6.45, 7) is 2.07. The third kappa shape index (κ3) is 6.87. The molecule has 0 saturated heterocycles. The zero-order valence-electron chi connectivity index (χ0n) is 8.03. The van der Waals surface area contributed by atoms with Gasteiger partial charge in [-0.1, -0.05) is 39.0 Å². The van der Waals surface area contributed by atoms with Crippen LogP contribution in [0.5, 0.6) is 0 Å².